The van der Waals surface area contributed by atoms with Crippen LogP contribution in [-0.2, 0) is 21.4 Å². The van der Waals surface area contributed by atoms with Crippen molar-refractivity contribution in [2.75, 3.05) is 6.54 Å². The molecule has 0 saturated carbocycles. The third-order valence-electron chi connectivity index (χ3n) is 3.37. The lowest BCUT2D eigenvalue weighted by Gasteiger charge is -2.07. The third-order valence-corrected chi connectivity index (χ3v) is 6.95. The molecule has 11 heteroatoms. The number of carbonyl (C=O) groups excluding carboxylic acids is 1. The van der Waals surface area contributed by atoms with Gasteiger partial charge in [-0.2, -0.15) is 4.98 Å². The Labute approximate surface area is 158 Å². The van der Waals surface area contributed by atoms with Crippen molar-refractivity contribution in [2.24, 2.45) is 0 Å². The van der Waals surface area contributed by atoms with Crippen LogP contribution in [0.1, 0.15) is 15.6 Å². The first-order valence-corrected chi connectivity index (χ1v) is 10.7. The van der Waals surface area contributed by atoms with Gasteiger partial charge in [0.15, 0.2) is 0 Å². The Morgan fingerprint density at radius 2 is 2.15 bits per heavy atom. The molecular formula is C15H16N4O4S3. The SMILES string of the molecule is Cc1nc(-c2cc(S(=O)(=O)NCC(=O)NCc3cccs3)c(C)s2)no1. The summed E-state index contributed by atoms with van der Waals surface area (Å²) in [6.07, 6.45) is 0. The lowest BCUT2D eigenvalue weighted by atomic mass is 10.4. The van der Waals surface area contributed by atoms with Gasteiger partial charge >= 0.3 is 0 Å². The quantitative estimate of drug-likeness (QED) is 0.614. The van der Waals surface area contributed by atoms with Gasteiger partial charge in [-0.25, -0.2) is 13.1 Å². The van der Waals surface area contributed by atoms with E-state index < -0.39 is 15.9 Å². The number of aryl methyl sites for hydroxylation is 2. The number of aromatic nitrogens is 2. The van der Waals surface area contributed by atoms with E-state index in [-0.39, 0.29) is 11.4 Å². The zero-order valence-electron chi connectivity index (χ0n) is 14.0. The topological polar surface area (TPSA) is 114 Å². The molecule has 0 radical (unpaired) electrons. The lowest BCUT2D eigenvalue weighted by molar-refractivity contribution is -0.120. The number of nitrogens with zero attached hydrogens (tertiary/aromatic N) is 2. The molecule has 3 heterocycles. The van der Waals surface area contributed by atoms with Crippen LogP contribution in [0.15, 0.2) is 33.0 Å². The lowest BCUT2D eigenvalue weighted by Crippen LogP contribution is -2.36. The van der Waals surface area contributed by atoms with Crippen molar-refractivity contribution in [3.63, 3.8) is 0 Å². The molecule has 26 heavy (non-hydrogen) atoms. The number of amides is 1. The summed E-state index contributed by atoms with van der Waals surface area (Å²) in [6, 6.07) is 5.26. The van der Waals surface area contributed by atoms with Crippen molar-refractivity contribution in [1.29, 1.82) is 0 Å². The van der Waals surface area contributed by atoms with E-state index in [2.05, 4.69) is 20.2 Å². The normalized spacial score (nSPS) is 11.6. The van der Waals surface area contributed by atoms with Gasteiger partial charge in [0.25, 0.3) is 0 Å². The summed E-state index contributed by atoms with van der Waals surface area (Å²) in [5.41, 5.74) is 0. The van der Waals surface area contributed by atoms with E-state index in [1.165, 1.54) is 28.7 Å². The summed E-state index contributed by atoms with van der Waals surface area (Å²) in [6.45, 7) is 3.38. The largest absolute Gasteiger partial charge is 0.350 e. The van der Waals surface area contributed by atoms with Crippen LogP contribution >= 0.6 is 22.7 Å². The Balaban J connectivity index is 1.64. The van der Waals surface area contributed by atoms with E-state index in [0.717, 1.165) is 4.88 Å². The van der Waals surface area contributed by atoms with Crippen molar-refractivity contribution in [1.82, 2.24) is 20.2 Å². The van der Waals surface area contributed by atoms with Crippen molar-refractivity contribution < 1.29 is 17.7 Å². The van der Waals surface area contributed by atoms with E-state index in [1.54, 1.807) is 13.8 Å². The highest BCUT2D eigenvalue weighted by Gasteiger charge is 2.22. The van der Waals surface area contributed by atoms with Gasteiger partial charge in [-0.15, -0.1) is 22.7 Å². The predicted octanol–water partition coefficient (Wildman–Crippen LogP) is 2.07. The molecular weight excluding hydrogens is 396 g/mol. The summed E-state index contributed by atoms with van der Waals surface area (Å²) >= 11 is 2.77. The maximum atomic E-state index is 12.5. The molecule has 1 amide bonds. The van der Waals surface area contributed by atoms with Crippen LogP contribution in [0.4, 0.5) is 0 Å². The van der Waals surface area contributed by atoms with Gasteiger partial charge in [0.2, 0.25) is 27.6 Å². The minimum Gasteiger partial charge on any atom is -0.350 e. The molecule has 0 aromatic carbocycles. The fraction of sp³-hybridized carbons (Fsp3) is 0.267. The number of hydrogen-bond acceptors (Lipinski definition) is 8. The van der Waals surface area contributed by atoms with Crippen molar-refractivity contribution in [3.8, 4) is 10.7 Å². The van der Waals surface area contributed by atoms with E-state index in [4.69, 9.17) is 4.52 Å². The monoisotopic (exact) mass is 412 g/mol. The molecule has 0 atom stereocenters. The smallest absolute Gasteiger partial charge is 0.242 e. The van der Waals surface area contributed by atoms with Crippen LogP contribution in [0.2, 0.25) is 0 Å². The Morgan fingerprint density at radius 3 is 2.81 bits per heavy atom. The van der Waals surface area contributed by atoms with Gasteiger partial charge in [0.1, 0.15) is 0 Å². The van der Waals surface area contributed by atoms with E-state index in [1.807, 2.05) is 17.5 Å². The molecule has 8 nitrogen and oxygen atoms in total. The Kier molecular flexibility index (Phi) is 5.51. The minimum atomic E-state index is -3.82. The van der Waals surface area contributed by atoms with Crippen molar-refractivity contribution in [3.05, 3.63) is 39.2 Å². The number of sulfonamides is 1. The average Bonchev–Trinajstić information content (AvgIpc) is 3.32. The molecule has 3 aromatic heterocycles. The standard InChI is InChI=1S/C15H16N4O4S3/c1-9-13(6-12(25-9)15-18-10(2)23-19-15)26(21,22)17-8-14(20)16-7-11-4-3-5-24-11/h3-6,17H,7-8H2,1-2H3,(H,16,20). The molecule has 0 bridgehead atoms. The number of nitrogens with one attached hydrogen (secondary N) is 2. The van der Waals surface area contributed by atoms with E-state index >= 15 is 0 Å². The molecule has 0 aliphatic rings. The highest BCUT2D eigenvalue weighted by molar-refractivity contribution is 7.89. The van der Waals surface area contributed by atoms with Crippen LogP contribution in [0.25, 0.3) is 10.7 Å². The Hall–Kier alpha value is -2.08. The zero-order chi connectivity index (χ0) is 18.7. The first-order valence-electron chi connectivity index (χ1n) is 7.55. The van der Waals surface area contributed by atoms with Gasteiger partial charge in [-0.05, 0) is 24.4 Å². The summed E-state index contributed by atoms with van der Waals surface area (Å²) in [7, 11) is -3.82. The summed E-state index contributed by atoms with van der Waals surface area (Å²) in [5, 5.41) is 8.37. The molecule has 0 saturated heterocycles. The van der Waals surface area contributed by atoms with Gasteiger partial charge < -0.3 is 9.84 Å². The number of hydrogen-bond donors (Lipinski definition) is 2. The van der Waals surface area contributed by atoms with Gasteiger partial charge in [-0.3, -0.25) is 4.79 Å². The van der Waals surface area contributed by atoms with Crippen LogP contribution in [0, 0.1) is 13.8 Å². The second-order valence-corrected chi connectivity index (χ2v) is 9.37. The van der Waals surface area contributed by atoms with Crippen LogP contribution in [0.5, 0.6) is 0 Å². The molecule has 3 rings (SSSR count). The Morgan fingerprint density at radius 1 is 1.35 bits per heavy atom. The fourth-order valence-corrected chi connectivity index (χ4v) is 5.28. The van der Waals surface area contributed by atoms with Crippen LogP contribution in [0.3, 0.4) is 0 Å². The van der Waals surface area contributed by atoms with Gasteiger partial charge in [0.05, 0.1) is 22.9 Å². The fourth-order valence-electron chi connectivity index (χ4n) is 2.14. The van der Waals surface area contributed by atoms with Crippen molar-refractivity contribution in [2.45, 2.75) is 25.3 Å². The third kappa shape index (κ3) is 4.36. The molecule has 2 N–H and O–H groups in total. The van der Waals surface area contributed by atoms with E-state index in [0.29, 0.717) is 28.0 Å². The number of carbonyl (C=O) groups is 1. The second kappa shape index (κ2) is 7.66. The first kappa shape index (κ1) is 18.7. The average molecular weight is 413 g/mol. The van der Waals surface area contributed by atoms with Crippen LogP contribution in [-0.4, -0.2) is 31.0 Å². The van der Waals surface area contributed by atoms with E-state index in [9.17, 15) is 13.2 Å². The molecule has 0 fully saturated rings. The zero-order valence-corrected chi connectivity index (χ0v) is 16.4. The minimum absolute atomic E-state index is 0.103. The summed E-state index contributed by atoms with van der Waals surface area (Å²) < 4.78 is 32.2. The highest BCUT2D eigenvalue weighted by Crippen LogP contribution is 2.31. The molecule has 0 spiro atoms. The van der Waals surface area contributed by atoms with Crippen LogP contribution < -0.4 is 10.0 Å². The second-order valence-electron chi connectivity index (χ2n) is 5.35. The van der Waals surface area contributed by atoms with Gasteiger partial charge in [0, 0.05) is 16.7 Å². The molecule has 138 valence electrons. The Bertz CT molecular complexity index is 1010. The highest BCUT2D eigenvalue weighted by atomic mass is 32.2. The summed E-state index contributed by atoms with van der Waals surface area (Å²) in [5.74, 6) is 0.339. The molecule has 0 aliphatic heterocycles. The maximum absolute atomic E-state index is 12.5. The maximum Gasteiger partial charge on any atom is 0.242 e. The predicted molar refractivity (Wildman–Crippen MR) is 98.4 cm³/mol. The molecule has 0 aliphatic carbocycles. The summed E-state index contributed by atoms with van der Waals surface area (Å²) in [4.78, 5) is 18.2. The van der Waals surface area contributed by atoms with Gasteiger partial charge in [-0.1, -0.05) is 11.2 Å². The molecule has 0 unspecified atom stereocenters. The number of thiophene rings is 2. The molecule has 3 aromatic rings. The number of rotatable bonds is 7. The first-order chi connectivity index (χ1) is 12.3. The van der Waals surface area contributed by atoms with Crippen molar-refractivity contribution >= 4 is 38.6 Å².